The van der Waals surface area contributed by atoms with Crippen LogP contribution in [0.1, 0.15) is 11.5 Å². The summed E-state index contributed by atoms with van der Waals surface area (Å²) in [5.41, 5.74) is 0.865. The van der Waals surface area contributed by atoms with Crippen molar-refractivity contribution in [2.75, 3.05) is 14.2 Å². The van der Waals surface area contributed by atoms with Crippen molar-refractivity contribution in [3.8, 4) is 17.1 Å². The van der Waals surface area contributed by atoms with E-state index in [1.165, 1.54) is 26.4 Å². The highest BCUT2D eigenvalue weighted by molar-refractivity contribution is 5.59. The van der Waals surface area contributed by atoms with E-state index in [9.17, 15) is 18.0 Å². The number of hydrogen-bond donors (Lipinski definition) is 0. The Bertz CT molecular complexity index is 687. The summed E-state index contributed by atoms with van der Waals surface area (Å²) >= 11 is 0. The Kier molecular flexibility index (Phi) is 4.84. The highest BCUT2D eigenvalue weighted by atomic mass is 19.4. The molecule has 0 aliphatic rings. The zero-order valence-corrected chi connectivity index (χ0v) is 12.1. The number of benzene rings is 1. The highest BCUT2D eigenvalue weighted by Crippen LogP contribution is 2.31. The number of carbonyl (C=O) groups excluding carboxylic acids is 1. The Hall–Kier alpha value is -2.62. The molecule has 0 spiro atoms. The van der Waals surface area contributed by atoms with Gasteiger partial charge in [0.2, 0.25) is 12.2 Å². The standard InChI is InChI=1S/C13H12F3N3O4/c1-21-10-5-8(3-4-9(10)6-19(7-20)22-2)11-17-12(23-18-11)13(14,15)16/h3-5,7H,6H2,1-2H3. The molecule has 1 aromatic carbocycles. The Morgan fingerprint density at radius 3 is 2.61 bits per heavy atom. The lowest BCUT2D eigenvalue weighted by Crippen LogP contribution is -2.20. The van der Waals surface area contributed by atoms with Gasteiger partial charge in [0.15, 0.2) is 0 Å². The van der Waals surface area contributed by atoms with Gasteiger partial charge in [0.1, 0.15) is 5.75 Å². The number of amides is 1. The molecule has 1 heterocycles. The average molecular weight is 331 g/mol. The van der Waals surface area contributed by atoms with Crippen LogP contribution in [0.25, 0.3) is 11.4 Å². The van der Waals surface area contributed by atoms with Gasteiger partial charge in [-0.05, 0) is 6.07 Å². The monoisotopic (exact) mass is 331 g/mol. The number of aromatic nitrogens is 2. The minimum Gasteiger partial charge on any atom is -0.496 e. The Labute approximate surface area is 128 Å². The fourth-order valence-corrected chi connectivity index (χ4v) is 1.78. The first-order valence-electron chi connectivity index (χ1n) is 6.23. The third kappa shape index (κ3) is 3.77. The van der Waals surface area contributed by atoms with Gasteiger partial charge in [-0.25, -0.2) is 5.06 Å². The zero-order chi connectivity index (χ0) is 17.0. The van der Waals surface area contributed by atoms with Gasteiger partial charge in [0.05, 0.1) is 20.8 Å². The predicted molar refractivity (Wildman–Crippen MR) is 69.9 cm³/mol. The normalized spacial score (nSPS) is 11.3. The molecule has 124 valence electrons. The first-order valence-corrected chi connectivity index (χ1v) is 6.23. The van der Waals surface area contributed by atoms with Crippen molar-refractivity contribution in [2.24, 2.45) is 0 Å². The summed E-state index contributed by atoms with van der Waals surface area (Å²) < 4.78 is 46.8. The maximum atomic E-state index is 12.5. The molecule has 0 N–H and O–H groups in total. The Balaban J connectivity index is 2.31. The largest absolute Gasteiger partial charge is 0.496 e. The van der Waals surface area contributed by atoms with Gasteiger partial charge in [0.25, 0.3) is 0 Å². The topological polar surface area (TPSA) is 77.7 Å². The molecule has 1 aromatic heterocycles. The summed E-state index contributed by atoms with van der Waals surface area (Å²) in [5, 5.41) is 4.32. The fraction of sp³-hybridized carbons (Fsp3) is 0.308. The lowest BCUT2D eigenvalue weighted by atomic mass is 10.1. The zero-order valence-electron chi connectivity index (χ0n) is 12.1. The van der Waals surface area contributed by atoms with Crippen LogP contribution in [0, 0.1) is 0 Å². The highest BCUT2D eigenvalue weighted by Gasteiger charge is 2.38. The van der Waals surface area contributed by atoms with Gasteiger partial charge in [0, 0.05) is 11.1 Å². The van der Waals surface area contributed by atoms with Gasteiger partial charge in [-0.1, -0.05) is 17.3 Å². The van der Waals surface area contributed by atoms with Crippen LogP contribution in [0.5, 0.6) is 5.75 Å². The van der Waals surface area contributed by atoms with E-state index in [1.807, 2.05) is 0 Å². The molecule has 7 nitrogen and oxygen atoms in total. The smallest absolute Gasteiger partial charge is 0.471 e. The number of halogens is 3. The molecule has 0 atom stereocenters. The van der Waals surface area contributed by atoms with E-state index in [1.54, 1.807) is 6.07 Å². The van der Waals surface area contributed by atoms with Crippen LogP contribution >= 0.6 is 0 Å². The molecule has 1 amide bonds. The maximum absolute atomic E-state index is 12.5. The van der Waals surface area contributed by atoms with Crippen LogP contribution in [0.4, 0.5) is 13.2 Å². The molecule has 0 saturated carbocycles. The second-order valence-electron chi connectivity index (χ2n) is 4.31. The molecule has 0 fully saturated rings. The second-order valence-corrected chi connectivity index (χ2v) is 4.31. The molecule has 0 aliphatic heterocycles. The van der Waals surface area contributed by atoms with Gasteiger partial charge in [-0.2, -0.15) is 18.2 Å². The van der Waals surface area contributed by atoms with Gasteiger partial charge in [-0.15, -0.1) is 0 Å². The molecular weight excluding hydrogens is 319 g/mol. The molecule has 10 heteroatoms. The quantitative estimate of drug-likeness (QED) is 0.597. The summed E-state index contributed by atoms with van der Waals surface area (Å²) in [6, 6.07) is 4.49. The second kappa shape index (κ2) is 6.65. The minimum atomic E-state index is -4.71. The van der Waals surface area contributed by atoms with E-state index in [0.29, 0.717) is 17.7 Å². The summed E-state index contributed by atoms with van der Waals surface area (Å²) in [7, 11) is 2.71. The minimum absolute atomic E-state index is 0.101. The Morgan fingerprint density at radius 2 is 2.09 bits per heavy atom. The van der Waals surface area contributed by atoms with Crippen molar-refractivity contribution in [3.05, 3.63) is 29.7 Å². The van der Waals surface area contributed by atoms with Crippen molar-refractivity contribution < 1.29 is 32.1 Å². The summed E-state index contributed by atoms with van der Waals surface area (Å²) in [6.07, 6.45) is -4.22. The van der Waals surface area contributed by atoms with Crippen LogP contribution in [-0.4, -0.2) is 35.8 Å². The fourth-order valence-electron chi connectivity index (χ4n) is 1.78. The van der Waals surface area contributed by atoms with Crippen LogP contribution in [0.3, 0.4) is 0 Å². The van der Waals surface area contributed by atoms with E-state index < -0.39 is 12.1 Å². The SMILES string of the molecule is COc1cc(-c2noc(C(F)(F)F)n2)ccc1CN(C=O)OC. The van der Waals surface area contributed by atoms with E-state index in [0.717, 1.165) is 5.06 Å². The number of methoxy groups -OCH3 is 1. The van der Waals surface area contributed by atoms with Crippen molar-refractivity contribution in [3.63, 3.8) is 0 Å². The summed E-state index contributed by atoms with van der Waals surface area (Å²) in [4.78, 5) is 18.9. The molecule has 23 heavy (non-hydrogen) atoms. The molecule has 0 aliphatic carbocycles. The van der Waals surface area contributed by atoms with E-state index in [4.69, 9.17) is 9.57 Å². The summed E-state index contributed by atoms with van der Waals surface area (Å²) in [6.45, 7) is 0.101. The summed E-state index contributed by atoms with van der Waals surface area (Å²) in [5.74, 6) is -1.31. The average Bonchev–Trinajstić information content (AvgIpc) is 3.02. The predicted octanol–water partition coefficient (Wildman–Crippen LogP) is 2.28. The number of ether oxygens (including phenoxy) is 1. The van der Waals surface area contributed by atoms with Gasteiger partial charge < -0.3 is 9.26 Å². The number of hydroxylamine groups is 2. The third-order valence-electron chi connectivity index (χ3n) is 2.89. The molecule has 0 unspecified atom stereocenters. The van der Waals surface area contributed by atoms with Gasteiger partial charge in [-0.3, -0.25) is 9.63 Å². The van der Waals surface area contributed by atoms with Crippen molar-refractivity contribution >= 4 is 6.41 Å². The van der Waals surface area contributed by atoms with E-state index >= 15 is 0 Å². The molecule has 2 rings (SSSR count). The number of hydrogen-bond acceptors (Lipinski definition) is 6. The molecule has 0 saturated heterocycles. The molecular formula is C13H12F3N3O4. The van der Waals surface area contributed by atoms with Crippen molar-refractivity contribution in [1.29, 1.82) is 0 Å². The molecule has 0 radical (unpaired) electrons. The number of alkyl halides is 3. The maximum Gasteiger partial charge on any atom is 0.471 e. The Morgan fingerprint density at radius 1 is 1.35 bits per heavy atom. The third-order valence-corrected chi connectivity index (χ3v) is 2.89. The van der Waals surface area contributed by atoms with E-state index in [-0.39, 0.29) is 17.9 Å². The lowest BCUT2D eigenvalue weighted by Gasteiger charge is -2.16. The van der Waals surface area contributed by atoms with Gasteiger partial charge >= 0.3 is 12.1 Å². The van der Waals surface area contributed by atoms with Crippen LogP contribution in [0.2, 0.25) is 0 Å². The number of carbonyl (C=O) groups is 1. The molecule has 2 aromatic rings. The van der Waals surface area contributed by atoms with Crippen LogP contribution < -0.4 is 4.74 Å². The van der Waals surface area contributed by atoms with E-state index in [2.05, 4.69) is 14.7 Å². The first-order chi connectivity index (χ1) is 10.9. The molecule has 0 bridgehead atoms. The number of nitrogens with zero attached hydrogens (tertiary/aromatic N) is 3. The van der Waals surface area contributed by atoms with Crippen LogP contribution in [-0.2, 0) is 22.4 Å². The number of rotatable bonds is 6. The van der Waals surface area contributed by atoms with Crippen LogP contribution in [0.15, 0.2) is 22.7 Å². The van der Waals surface area contributed by atoms with Crippen molar-refractivity contribution in [2.45, 2.75) is 12.7 Å². The first kappa shape index (κ1) is 16.7. The van der Waals surface area contributed by atoms with Crippen molar-refractivity contribution in [1.82, 2.24) is 15.2 Å². The lowest BCUT2D eigenvalue weighted by molar-refractivity contribution is -0.164.